The molecule has 0 aliphatic heterocycles. The Labute approximate surface area is 114 Å². The Balaban J connectivity index is 2.05. The molecule has 2 aromatic carbocycles. The molecule has 0 fully saturated rings. The molecular weight excluding hydrogens is 259 g/mol. The fourth-order valence-corrected chi connectivity index (χ4v) is 2.59. The Kier molecular flexibility index (Phi) is 3.29. The van der Waals surface area contributed by atoms with Crippen LogP contribution in [0.3, 0.4) is 0 Å². The molecule has 1 nitrogen and oxygen atoms in total. The quantitative estimate of drug-likeness (QED) is 0.623. The SMILES string of the molecule is Fc1cccc(-c2cccs2)c1Oc1ccccc1. The van der Waals surface area contributed by atoms with Crippen molar-refractivity contribution in [2.75, 3.05) is 0 Å². The summed E-state index contributed by atoms with van der Waals surface area (Å²) < 4.78 is 19.7. The molecule has 0 N–H and O–H groups in total. The maximum atomic E-state index is 14.0. The van der Waals surface area contributed by atoms with E-state index >= 15 is 0 Å². The van der Waals surface area contributed by atoms with Crippen molar-refractivity contribution in [3.63, 3.8) is 0 Å². The lowest BCUT2D eigenvalue weighted by Crippen LogP contribution is -1.90. The lowest BCUT2D eigenvalue weighted by molar-refractivity contribution is 0.444. The van der Waals surface area contributed by atoms with Crippen molar-refractivity contribution in [1.82, 2.24) is 0 Å². The summed E-state index contributed by atoms with van der Waals surface area (Å²) in [5.74, 6) is 0.552. The zero-order chi connectivity index (χ0) is 13.1. The monoisotopic (exact) mass is 270 g/mol. The summed E-state index contributed by atoms with van der Waals surface area (Å²) in [5.41, 5.74) is 0.777. The van der Waals surface area contributed by atoms with Crippen molar-refractivity contribution in [3.8, 4) is 21.9 Å². The predicted molar refractivity (Wildman–Crippen MR) is 76.2 cm³/mol. The highest BCUT2D eigenvalue weighted by Crippen LogP contribution is 2.37. The number of hydrogen-bond acceptors (Lipinski definition) is 2. The zero-order valence-corrected chi connectivity index (χ0v) is 10.9. The highest BCUT2D eigenvalue weighted by Gasteiger charge is 2.13. The Morgan fingerprint density at radius 1 is 0.842 bits per heavy atom. The molecule has 0 unspecified atom stereocenters. The summed E-state index contributed by atoms with van der Waals surface area (Å²) in [4.78, 5) is 0.991. The van der Waals surface area contributed by atoms with Gasteiger partial charge in [0.15, 0.2) is 11.6 Å². The second-order valence-electron chi connectivity index (χ2n) is 4.01. The largest absolute Gasteiger partial charge is 0.454 e. The predicted octanol–water partition coefficient (Wildman–Crippen LogP) is 5.35. The van der Waals surface area contributed by atoms with E-state index in [9.17, 15) is 4.39 Å². The van der Waals surface area contributed by atoms with E-state index in [0.29, 0.717) is 5.75 Å². The lowest BCUT2D eigenvalue weighted by atomic mass is 10.1. The highest BCUT2D eigenvalue weighted by molar-refractivity contribution is 7.13. The van der Waals surface area contributed by atoms with Gasteiger partial charge in [-0.2, -0.15) is 0 Å². The second kappa shape index (κ2) is 5.24. The van der Waals surface area contributed by atoms with Crippen LogP contribution >= 0.6 is 11.3 Å². The molecule has 1 heterocycles. The molecule has 94 valence electrons. The van der Waals surface area contributed by atoms with Gasteiger partial charge in [0.2, 0.25) is 0 Å². The molecule has 0 aliphatic carbocycles. The van der Waals surface area contributed by atoms with E-state index in [1.54, 1.807) is 17.4 Å². The van der Waals surface area contributed by atoms with Crippen LogP contribution in [0, 0.1) is 5.82 Å². The van der Waals surface area contributed by atoms with E-state index in [4.69, 9.17) is 4.74 Å². The van der Waals surface area contributed by atoms with Crippen LogP contribution in [-0.2, 0) is 0 Å². The number of para-hydroxylation sites is 2. The maximum absolute atomic E-state index is 14.0. The van der Waals surface area contributed by atoms with Gasteiger partial charge in [0.05, 0.1) is 0 Å². The third-order valence-electron chi connectivity index (χ3n) is 2.72. The van der Waals surface area contributed by atoms with Gasteiger partial charge in [-0.3, -0.25) is 0 Å². The molecule has 0 spiro atoms. The van der Waals surface area contributed by atoms with Crippen LogP contribution in [-0.4, -0.2) is 0 Å². The second-order valence-corrected chi connectivity index (χ2v) is 4.96. The first-order valence-electron chi connectivity index (χ1n) is 5.90. The number of halogens is 1. The number of thiophene rings is 1. The Morgan fingerprint density at radius 3 is 2.42 bits per heavy atom. The van der Waals surface area contributed by atoms with Crippen LogP contribution in [0.15, 0.2) is 66.0 Å². The van der Waals surface area contributed by atoms with Crippen LogP contribution < -0.4 is 4.74 Å². The van der Waals surface area contributed by atoms with Gasteiger partial charge < -0.3 is 4.74 Å². The molecule has 0 radical (unpaired) electrons. The van der Waals surface area contributed by atoms with Gasteiger partial charge in [-0.1, -0.05) is 30.3 Å². The van der Waals surface area contributed by atoms with Gasteiger partial charge in [-0.25, -0.2) is 4.39 Å². The molecule has 0 amide bonds. The van der Waals surface area contributed by atoms with Crippen molar-refractivity contribution >= 4 is 11.3 Å². The summed E-state index contributed by atoms with van der Waals surface area (Å²) in [6, 6.07) is 18.1. The standard InChI is InChI=1S/C16H11FOS/c17-14-9-4-8-13(15-10-5-11-19-15)16(14)18-12-6-2-1-3-7-12/h1-11H. The van der Waals surface area contributed by atoms with Gasteiger partial charge in [0.25, 0.3) is 0 Å². The first-order valence-corrected chi connectivity index (χ1v) is 6.78. The number of ether oxygens (including phenoxy) is 1. The number of hydrogen-bond donors (Lipinski definition) is 0. The highest BCUT2D eigenvalue weighted by atomic mass is 32.1. The van der Waals surface area contributed by atoms with Crippen molar-refractivity contribution < 1.29 is 9.13 Å². The van der Waals surface area contributed by atoms with Crippen LogP contribution in [0.4, 0.5) is 4.39 Å². The summed E-state index contributed by atoms with van der Waals surface area (Å²) in [5, 5.41) is 1.96. The third kappa shape index (κ3) is 2.51. The fraction of sp³-hybridized carbons (Fsp3) is 0. The summed E-state index contributed by atoms with van der Waals surface area (Å²) in [6.07, 6.45) is 0. The average molecular weight is 270 g/mol. The number of rotatable bonds is 3. The first kappa shape index (κ1) is 11.9. The summed E-state index contributed by atoms with van der Waals surface area (Å²) in [6.45, 7) is 0. The molecule has 0 saturated heterocycles. The average Bonchev–Trinajstić information content (AvgIpc) is 2.96. The summed E-state index contributed by atoms with van der Waals surface area (Å²) in [7, 11) is 0. The Hall–Kier alpha value is -2.13. The van der Waals surface area contributed by atoms with E-state index in [0.717, 1.165) is 10.4 Å². The molecule has 19 heavy (non-hydrogen) atoms. The minimum atomic E-state index is -0.352. The van der Waals surface area contributed by atoms with Crippen LogP contribution in [0.5, 0.6) is 11.5 Å². The fourth-order valence-electron chi connectivity index (χ4n) is 1.84. The minimum absolute atomic E-state index is 0.274. The third-order valence-corrected chi connectivity index (χ3v) is 3.62. The molecule has 3 aromatic rings. The van der Waals surface area contributed by atoms with E-state index in [1.807, 2.05) is 53.9 Å². The lowest BCUT2D eigenvalue weighted by Gasteiger charge is -2.11. The molecule has 0 bridgehead atoms. The summed E-state index contributed by atoms with van der Waals surface area (Å²) >= 11 is 1.56. The van der Waals surface area contributed by atoms with Gasteiger partial charge in [-0.15, -0.1) is 11.3 Å². The van der Waals surface area contributed by atoms with Gasteiger partial charge in [-0.05, 0) is 35.7 Å². The molecule has 3 heteroatoms. The van der Waals surface area contributed by atoms with Gasteiger partial charge in [0, 0.05) is 10.4 Å². The van der Waals surface area contributed by atoms with Crippen LogP contribution in [0.1, 0.15) is 0 Å². The molecular formula is C16H11FOS. The van der Waals surface area contributed by atoms with Crippen molar-refractivity contribution in [2.45, 2.75) is 0 Å². The van der Waals surface area contributed by atoms with Gasteiger partial charge >= 0.3 is 0 Å². The minimum Gasteiger partial charge on any atom is -0.454 e. The topological polar surface area (TPSA) is 9.23 Å². The van der Waals surface area contributed by atoms with Crippen molar-refractivity contribution in [1.29, 1.82) is 0 Å². The van der Waals surface area contributed by atoms with E-state index in [-0.39, 0.29) is 11.6 Å². The van der Waals surface area contributed by atoms with E-state index < -0.39 is 0 Å². The molecule has 3 rings (SSSR count). The van der Waals surface area contributed by atoms with E-state index in [2.05, 4.69) is 0 Å². The van der Waals surface area contributed by atoms with Crippen LogP contribution in [0.25, 0.3) is 10.4 Å². The molecule has 0 aliphatic rings. The maximum Gasteiger partial charge on any atom is 0.171 e. The number of benzene rings is 2. The Bertz CT molecular complexity index is 662. The van der Waals surface area contributed by atoms with Gasteiger partial charge in [0.1, 0.15) is 5.75 Å². The first-order chi connectivity index (χ1) is 9.34. The van der Waals surface area contributed by atoms with E-state index in [1.165, 1.54) is 6.07 Å². The molecule has 0 saturated carbocycles. The van der Waals surface area contributed by atoms with Crippen molar-refractivity contribution in [3.05, 3.63) is 71.9 Å². The van der Waals surface area contributed by atoms with Crippen molar-refractivity contribution in [2.24, 2.45) is 0 Å². The zero-order valence-electron chi connectivity index (χ0n) is 10.0. The molecule has 0 atom stereocenters. The van der Waals surface area contributed by atoms with Crippen LogP contribution in [0.2, 0.25) is 0 Å². The molecule has 1 aromatic heterocycles. The normalized spacial score (nSPS) is 10.4. The smallest absolute Gasteiger partial charge is 0.171 e. The Morgan fingerprint density at radius 2 is 1.68 bits per heavy atom.